The average Bonchev–Trinajstić information content (AvgIpc) is 2.56. The minimum Gasteiger partial charge on any atom is -0.403 e. The highest BCUT2D eigenvalue weighted by Crippen LogP contribution is 2.25. The van der Waals surface area contributed by atoms with Crippen LogP contribution in [0.25, 0.3) is 0 Å². The average molecular weight is 334 g/mol. The molecule has 0 amide bonds. The van der Waals surface area contributed by atoms with E-state index in [9.17, 15) is 8.78 Å². The predicted molar refractivity (Wildman–Crippen MR) is 92.8 cm³/mol. The Bertz CT molecular complexity index is 652. The van der Waals surface area contributed by atoms with E-state index in [2.05, 4.69) is 35.7 Å². The Kier molecular flexibility index (Phi) is 6.06. The highest BCUT2D eigenvalue weighted by molar-refractivity contribution is 6.12. The number of aromatic nitrogens is 1. The molecule has 0 fully saturated rings. The van der Waals surface area contributed by atoms with Gasteiger partial charge in [-0.25, -0.2) is 4.99 Å². The third kappa shape index (κ3) is 4.40. The highest BCUT2D eigenvalue weighted by atomic mass is 19.3. The molecule has 1 aliphatic heterocycles. The highest BCUT2D eigenvalue weighted by Gasteiger charge is 2.19. The topological polar surface area (TPSA) is 63.3 Å². The van der Waals surface area contributed by atoms with Crippen molar-refractivity contribution < 1.29 is 8.78 Å². The van der Waals surface area contributed by atoms with Crippen LogP contribution in [-0.4, -0.2) is 17.2 Å². The number of nitrogens with zero attached hydrogens (tertiary/aromatic N) is 2. The lowest BCUT2D eigenvalue weighted by Gasteiger charge is -2.22. The zero-order chi connectivity index (χ0) is 17.7. The normalized spacial score (nSPS) is 26.1. The summed E-state index contributed by atoms with van der Waals surface area (Å²) in [5.41, 5.74) is 8.32. The Morgan fingerprint density at radius 1 is 1.38 bits per heavy atom. The van der Waals surface area contributed by atoms with E-state index in [1.807, 2.05) is 6.07 Å². The fraction of sp³-hybridized carbons (Fsp3) is 0.444. The minimum atomic E-state index is -2.83. The molecule has 0 spiro atoms. The number of nitrogens with one attached hydrogen (secondary N) is 1. The number of hydrogen-bond donors (Lipinski definition) is 2. The van der Waals surface area contributed by atoms with Gasteiger partial charge in [-0.1, -0.05) is 26.8 Å². The van der Waals surface area contributed by atoms with Crippen molar-refractivity contribution in [2.45, 2.75) is 45.6 Å². The number of alkyl halides is 2. The van der Waals surface area contributed by atoms with Crippen LogP contribution in [0.4, 0.5) is 8.78 Å². The van der Waals surface area contributed by atoms with Crippen LogP contribution in [0, 0.1) is 5.92 Å². The van der Waals surface area contributed by atoms with Gasteiger partial charge >= 0.3 is 6.55 Å². The largest absolute Gasteiger partial charge is 0.403 e. The van der Waals surface area contributed by atoms with Crippen molar-refractivity contribution in [3.05, 3.63) is 53.8 Å². The van der Waals surface area contributed by atoms with Crippen molar-refractivity contribution in [1.29, 1.82) is 0 Å². The smallest absolute Gasteiger partial charge is 0.332 e. The van der Waals surface area contributed by atoms with Gasteiger partial charge in [0.2, 0.25) is 0 Å². The van der Waals surface area contributed by atoms with Gasteiger partial charge in [0.25, 0.3) is 0 Å². The number of nitrogens with two attached hydrogens (primary N) is 1. The fourth-order valence-electron chi connectivity index (χ4n) is 2.79. The molecular weight excluding hydrogens is 310 g/mol. The first-order valence-electron chi connectivity index (χ1n) is 8.12. The lowest BCUT2D eigenvalue weighted by Crippen LogP contribution is -2.26. The van der Waals surface area contributed by atoms with E-state index >= 15 is 0 Å². The van der Waals surface area contributed by atoms with E-state index in [0.717, 1.165) is 30.7 Å². The van der Waals surface area contributed by atoms with Crippen molar-refractivity contribution in [1.82, 2.24) is 10.3 Å². The lowest BCUT2D eigenvalue weighted by atomic mass is 9.92. The third-order valence-corrected chi connectivity index (χ3v) is 4.37. The first-order chi connectivity index (χ1) is 11.4. The molecule has 24 heavy (non-hydrogen) atoms. The molecule has 0 saturated carbocycles. The van der Waals surface area contributed by atoms with Gasteiger partial charge in [-0.05, 0) is 36.8 Å². The second-order valence-electron chi connectivity index (χ2n) is 6.19. The van der Waals surface area contributed by atoms with E-state index < -0.39 is 6.55 Å². The van der Waals surface area contributed by atoms with Crippen molar-refractivity contribution >= 4 is 5.71 Å². The first kappa shape index (κ1) is 18.1. The number of allylic oxidation sites excluding steroid dienone is 2. The van der Waals surface area contributed by atoms with Gasteiger partial charge in [0.15, 0.2) is 0 Å². The maximum absolute atomic E-state index is 13.0. The minimum absolute atomic E-state index is 0.122. The molecule has 0 radical (unpaired) electrons. The molecule has 0 saturated heterocycles. The summed E-state index contributed by atoms with van der Waals surface area (Å²) in [6.07, 6.45) is 5.85. The Morgan fingerprint density at radius 2 is 2.08 bits per heavy atom. The molecule has 130 valence electrons. The Labute approximate surface area is 141 Å². The Morgan fingerprint density at radius 3 is 2.75 bits per heavy atom. The summed E-state index contributed by atoms with van der Waals surface area (Å²) in [5.74, 6) is 0.446. The third-order valence-electron chi connectivity index (χ3n) is 4.37. The van der Waals surface area contributed by atoms with Crippen molar-refractivity contribution in [2.75, 3.05) is 0 Å². The van der Waals surface area contributed by atoms with Gasteiger partial charge in [-0.2, -0.15) is 8.78 Å². The standard InChI is InChI=1S/C18H24F2N4/c1-11-5-4-6-12(2)15-9-14(7-8-22-15)17(24-18(19)20)16(10-21)23-13(11)3/h7-12,18,23H,3-6,21H2,1-2H3/t11-,12+/m1/s1. The summed E-state index contributed by atoms with van der Waals surface area (Å²) in [4.78, 5) is 7.86. The summed E-state index contributed by atoms with van der Waals surface area (Å²) in [6, 6.07) is 3.48. The van der Waals surface area contributed by atoms with Crippen LogP contribution in [0.15, 0.2) is 47.5 Å². The molecule has 0 unspecified atom stereocenters. The van der Waals surface area contributed by atoms with Gasteiger partial charge < -0.3 is 11.1 Å². The van der Waals surface area contributed by atoms with Crippen molar-refractivity contribution in [3.63, 3.8) is 0 Å². The fourth-order valence-corrected chi connectivity index (χ4v) is 2.79. The zero-order valence-electron chi connectivity index (χ0n) is 14.1. The first-order valence-corrected chi connectivity index (χ1v) is 8.12. The van der Waals surface area contributed by atoms with Crippen LogP contribution in [0.5, 0.6) is 0 Å². The van der Waals surface area contributed by atoms with Crippen molar-refractivity contribution in [2.24, 2.45) is 16.6 Å². The monoisotopic (exact) mass is 334 g/mol. The molecule has 2 heterocycles. The molecule has 2 rings (SSSR count). The molecular formula is C18H24F2N4. The number of rotatable bonds is 1. The molecule has 2 atom stereocenters. The SMILES string of the molecule is C=C1NC(=CN)C(=NC(F)F)c2ccnc(c2)[C@@H](C)CCC[C@H]1C. The Hall–Kier alpha value is -2.24. The van der Waals surface area contributed by atoms with Gasteiger partial charge in [-0.15, -0.1) is 0 Å². The van der Waals surface area contributed by atoms with E-state index in [4.69, 9.17) is 5.73 Å². The number of hydrogen-bond acceptors (Lipinski definition) is 4. The molecule has 4 nitrogen and oxygen atoms in total. The molecule has 3 N–H and O–H groups in total. The maximum atomic E-state index is 13.0. The van der Waals surface area contributed by atoms with Crippen molar-refractivity contribution in [3.8, 4) is 0 Å². The van der Waals surface area contributed by atoms with Crippen LogP contribution < -0.4 is 11.1 Å². The van der Waals surface area contributed by atoms with Crippen LogP contribution in [0.2, 0.25) is 0 Å². The Balaban J connectivity index is 2.54. The van der Waals surface area contributed by atoms with Gasteiger partial charge in [0.05, 0.1) is 11.4 Å². The maximum Gasteiger partial charge on any atom is 0.332 e. The van der Waals surface area contributed by atoms with Crippen LogP contribution in [0.1, 0.15) is 50.3 Å². The quantitative estimate of drug-likeness (QED) is 0.765. The molecule has 1 aliphatic rings. The van der Waals surface area contributed by atoms with E-state index in [-0.39, 0.29) is 17.5 Å². The molecule has 2 bridgehead atoms. The summed E-state index contributed by atoms with van der Waals surface area (Å²) < 4.78 is 26.0. The van der Waals surface area contributed by atoms with E-state index in [0.29, 0.717) is 11.3 Å². The lowest BCUT2D eigenvalue weighted by molar-refractivity contribution is 0.160. The summed E-state index contributed by atoms with van der Waals surface area (Å²) in [5, 5.41) is 3.07. The van der Waals surface area contributed by atoms with E-state index in [1.165, 1.54) is 6.20 Å². The van der Waals surface area contributed by atoms with E-state index in [1.54, 1.807) is 12.3 Å². The molecule has 0 aromatic carbocycles. The molecule has 1 aromatic heterocycles. The van der Waals surface area contributed by atoms with Crippen LogP contribution in [-0.2, 0) is 0 Å². The van der Waals surface area contributed by atoms with Gasteiger partial charge in [-0.3, -0.25) is 4.98 Å². The van der Waals surface area contributed by atoms with Gasteiger partial charge in [0, 0.05) is 29.4 Å². The number of aliphatic imine (C=N–C) groups is 1. The van der Waals surface area contributed by atoms with Gasteiger partial charge in [0.1, 0.15) is 0 Å². The number of halogens is 2. The zero-order valence-corrected chi connectivity index (χ0v) is 14.1. The number of pyridine rings is 1. The predicted octanol–water partition coefficient (Wildman–Crippen LogP) is 3.92. The van der Waals surface area contributed by atoms with Crippen LogP contribution in [0.3, 0.4) is 0 Å². The molecule has 6 heteroatoms. The molecule has 0 aliphatic carbocycles. The second-order valence-corrected chi connectivity index (χ2v) is 6.19. The summed E-state index contributed by atoms with van der Waals surface area (Å²) in [6.45, 7) is 5.35. The number of fused-ring (bicyclic) bond motifs is 2. The molecule has 1 aromatic rings. The summed E-state index contributed by atoms with van der Waals surface area (Å²) >= 11 is 0. The second kappa shape index (κ2) is 8.04. The van der Waals surface area contributed by atoms with Crippen LogP contribution >= 0.6 is 0 Å². The summed E-state index contributed by atoms with van der Waals surface area (Å²) in [7, 11) is 0.